The summed E-state index contributed by atoms with van der Waals surface area (Å²) in [6, 6.07) is 21.8. The van der Waals surface area contributed by atoms with Crippen LogP contribution in [0.25, 0.3) is 0 Å². The Bertz CT molecular complexity index is 1210. The van der Waals surface area contributed by atoms with Crippen LogP contribution in [-0.4, -0.2) is 34.0 Å². The molecule has 0 aromatic heterocycles. The Morgan fingerprint density at radius 3 is 2.12 bits per heavy atom. The van der Waals surface area contributed by atoms with Crippen molar-refractivity contribution < 1.29 is 13.2 Å². The van der Waals surface area contributed by atoms with Gasteiger partial charge in [0.25, 0.3) is 10.0 Å². The molecule has 0 heterocycles. The van der Waals surface area contributed by atoms with Gasteiger partial charge in [-0.3, -0.25) is 9.10 Å². The highest BCUT2D eigenvalue weighted by atomic mass is 32.2. The van der Waals surface area contributed by atoms with Crippen LogP contribution in [0.5, 0.6) is 0 Å². The van der Waals surface area contributed by atoms with Crippen molar-refractivity contribution in [3.63, 3.8) is 0 Å². The maximum Gasteiger partial charge on any atom is 0.264 e. The number of carbonyl (C=O) groups is 1. The highest BCUT2D eigenvalue weighted by molar-refractivity contribution is 7.92. The first-order valence-corrected chi connectivity index (χ1v) is 13.0. The molecule has 3 aromatic carbocycles. The van der Waals surface area contributed by atoms with Gasteiger partial charge in [0.2, 0.25) is 5.91 Å². The zero-order chi connectivity index (χ0) is 24.7. The molecule has 3 rings (SSSR count). The van der Waals surface area contributed by atoms with Crippen LogP contribution in [0, 0.1) is 13.8 Å². The fourth-order valence-electron chi connectivity index (χ4n) is 3.90. The summed E-state index contributed by atoms with van der Waals surface area (Å²) < 4.78 is 28.1. The maximum atomic E-state index is 13.5. The molecule has 0 unspecified atom stereocenters. The van der Waals surface area contributed by atoms with Crippen molar-refractivity contribution in [2.75, 3.05) is 28.8 Å². The largest absolute Gasteiger partial charge is 0.372 e. The predicted molar refractivity (Wildman–Crippen MR) is 139 cm³/mol. The van der Waals surface area contributed by atoms with Gasteiger partial charge in [-0.05, 0) is 69.2 Å². The van der Waals surface area contributed by atoms with Gasteiger partial charge < -0.3 is 10.2 Å². The van der Waals surface area contributed by atoms with Crippen molar-refractivity contribution in [3.05, 3.63) is 89.5 Å². The van der Waals surface area contributed by atoms with Crippen LogP contribution in [0.15, 0.2) is 77.7 Å². The second-order valence-electron chi connectivity index (χ2n) is 8.23. The lowest BCUT2D eigenvalue weighted by Gasteiger charge is -2.26. The zero-order valence-corrected chi connectivity index (χ0v) is 21.1. The third kappa shape index (κ3) is 5.97. The highest BCUT2D eigenvalue weighted by Gasteiger charge is 2.28. The van der Waals surface area contributed by atoms with Gasteiger partial charge >= 0.3 is 0 Å². The standard InChI is InChI=1S/C27H33N3O3S/c1-5-29(6-2)24-15-13-23(14-16-24)19-28-27(31)20-30(26-17-12-21(3)18-22(26)4)34(32,33)25-10-8-7-9-11-25/h7-18H,5-6,19-20H2,1-4H3,(H,28,31). The zero-order valence-electron chi connectivity index (χ0n) is 20.3. The van der Waals surface area contributed by atoms with Crippen LogP contribution in [0.1, 0.15) is 30.5 Å². The number of benzene rings is 3. The number of anilines is 2. The van der Waals surface area contributed by atoms with E-state index in [4.69, 9.17) is 0 Å². The normalized spacial score (nSPS) is 11.2. The third-order valence-electron chi connectivity index (χ3n) is 5.79. The lowest BCUT2D eigenvalue weighted by Crippen LogP contribution is -2.41. The van der Waals surface area contributed by atoms with E-state index in [1.807, 2.05) is 50.2 Å². The van der Waals surface area contributed by atoms with Gasteiger partial charge in [-0.25, -0.2) is 8.42 Å². The smallest absolute Gasteiger partial charge is 0.264 e. The summed E-state index contributed by atoms with van der Waals surface area (Å²) in [5.41, 5.74) is 4.40. The van der Waals surface area contributed by atoms with E-state index >= 15 is 0 Å². The molecule has 3 aromatic rings. The molecule has 0 bridgehead atoms. The summed E-state index contributed by atoms with van der Waals surface area (Å²) in [6.45, 7) is 9.90. The minimum Gasteiger partial charge on any atom is -0.372 e. The Hall–Kier alpha value is -3.32. The Kier molecular flexibility index (Phi) is 8.34. The Labute approximate surface area is 203 Å². The predicted octanol–water partition coefficient (Wildman–Crippen LogP) is 4.66. The number of amides is 1. The van der Waals surface area contributed by atoms with Crippen molar-refractivity contribution >= 4 is 27.3 Å². The Balaban J connectivity index is 1.79. The summed E-state index contributed by atoms with van der Waals surface area (Å²) >= 11 is 0. The van der Waals surface area contributed by atoms with Gasteiger partial charge in [-0.1, -0.05) is 48.0 Å². The number of rotatable bonds is 10. The minimum atomic E-state index is -3.92. The number of nitrogens with zero attached hydrogens (tertiary/aromatic N) is 2. The molecule has 0 spiro atoms. The van der Waals surface area contributed by atoms with E-state index in [0.29, 0.717) is 12.2 Å². The quantitative estimate of drug-likeness (QED) is 0.459. The number of aryl methyl sites for hydroxylation is 2. The molecule has 0 saturated carbocycles. The molecule has 0 aliphatic rings. The number of sulfonamides is 1. The van der Waals surface area contributed by atoms with Crippen LogP contribution >= 0.6 is 0 Å². The van der Waals surface area contributed by atoms with Crippen LogP contribution in [0.3, 0.4) is 0 Å². The lowest BCUT2D eigenvalue weighted by atomic mass is 10.1. The second kappa shape index (κ2) is 11.2. The molecule has 0 atom stereocenters. The SMILES string of the molecule is CCN(CC)c1ccc(CNC(=O)CN(c2ccc(C)cc2C)S(=O)(=O)c2ccccc2)cc1. The van der Waals surface area contributed by atoms with Crippen LogP contribution in [0.4, 0.5) is 11.4 Å². The van der Waals surface area contributed by atoms with Crippen molar-refractivity contribution in [1.29, 1.82) is 0 Å². The van der Waals surface area contributed by atoms with Gasteiger partial charge in [0.1, 0.15) is 6.54 Å². The third-order valence-corrected chi connectivity index (χ3v) is 7.57. The van der Waals surface area contributed by atoms with Crippen molar-refractivity contribution in [1.82, 2.24) is 5.32 Å². The van der Waals surface area contributed by atoms with E-state index in [9.17, 15) is 13.2 Å². The average Bonchev–Trinajstić information content (AvgIpc) is 2.84. The first-order valence-electron chi connectivity index (χ1n) is 11.5. The topological polar surface area (TPSA) is 69.7 Å². The van der Waals surface area contributed by atoms with E-state index in [2.05, 4.69) is 24.1 Å². The molecule has 1 N–H and O–H groups in total. The van der Waals surface area contributed by atoms with Crippen molar-refractivity contribution in [2.45, 2.75) is 39.1 Å². The molecule has 6 nitrogen and oxygen atoms in total. The number of carbonyl (C=O) groups excluding carboxylic acids is 1. The van der Waals surface area contributed by atoms with Crippen LogP contribution in [0.2, 0.25) is 0 Å². The monoisotopic (exact) mass is 479 g/mol. The average molecular weight is 480 g/mol. The van der Waals surface area contributed by atoms with E-state index < -0.39 is 10.0 Å². The first kappa shape index (κ1) is 25.3. The van der Waals surface area contributed by atoms with Gasteiger partial charge in [-0.2, -0.15) is 0 Å². The molecule has 34 heavy (non-hydrogen) atoms. The molecule has 7 heteroatoms. The van der Waals surface area contributed by atoms with Gasteiger partial charge in [0.15, 0.2) is 0 Å². The summed E-state index contributed by atoms with van der Waals surface area (Å²) in [4.78, 5) is 15.3. The van der Waals surface area contributed by atoms with Gasteiger partial charge in [-0.15, -0.1) is 0 Å². The molecule has 0 aliphatic carbocycles. The molecule has 0 aliphatic heterocycles. The molecule has 180 valence electrons. The van der Waals surface area contributed by atoms with Crippen LogP contribution < -0.4 is 14.5 Å². The molecule has 1 amide bonds. The second-order valence-corrected chi connectivity index (χ2v) is 10.1. The van der Waals surface area contributed by atoms with E-state index in [-0.39, 0.29) is 17.3 Å². The summed E-state index contributed by atoms with van der Waals surface area (Å²) in [7, 11) is -3.92. The Morgan fingerprint density at radius 1 is 0.882 bits per heavy atom. The van der Waals surface area contributed by atoms with Gasteiger partial charge in [0.05, 0.1) is 10.6 Å². The minimum absolute atomic E-state index is 0.148. The first-order chi connectivity index (χ1) is 16.3. The molecule has 0 radical (unpaired) electrons. The fourth-order valence-corrected chi connectivity index (χ4v) is 5.41. The molecular weight excluding hydrogens is 446 g/mol. The van der Waals surface area contributed by atoms with Crippen LogP contribution in [-0.2, 0) is 21.4 Å². The number of nitrogens with one attached hydrogen (secondary N) is 1. The van der Waals surface area contributed by atoms with E-state index in [1.54, 1.807) is 36.4 Å². The number of hydrogen-bond donors (Lipinski definition) is 1. The van der Waals surface area contributed by atoms with E-state index in [1.165, 1.54) is 4.31 Å². The maximum absolute atomic E-state index is 13.5. The highest BCUT2D eigenvalue weighted by Crippen LogP contribution is 2.27. The summed E-state index contributed by atoms with van der Waals surface area (Å²) in [5.74, 6) is -0.368. The van der Waals surface area contributed by atoms with Crippen molar-refractivity contribution in [3.8, 4) is 0 Å². The Morgan fingerprint density at radius 2 is 1.53 bits per heavy atom. The lowest BCUT2D eigenvalue weighted by molar-refractivity contribution is -0.119. The molecule has 0 saturated heterocycles. The number of hydrogen-bond acceptors (Lipinski definition) is 4. The molecule has 0 fully saturated rings. The fraction of sp³-hybridized carbons (Fsp3) is 0.296. The molecular formula is C27H33N3O3S. The summed E-state index contributed by atoms with van der Waals surface area (Å²) in [6.07, 6.45) is 0. The van der Waals surface area contributed by atoms with E-state index in [0.717, 1.165) is 35.5 Å². The summed E-state index contributed by atoms with van der Waals surface area (Å²) in [5, 5.41) is 2.87. The van der Waals surface area contributed by atoms with Gasteiger partial charge in [0, 0.05) is 25.3 Å². The van der Waals surface area contributed by atoms with Crippen molar-refractivity contribution in [2.24, 2.45) is 0 Å².